The number of nitrogens with zero attached hydrogens (tertiary/aromatic N) is 1. The largest absolute Gasteiger partial charge is 0.213 e. The lowest BCUT2D eigenvalue weighted by Crippen LogP contribution is -2.30. The highest BCUT2D eigenvalue weighted by Crippen LogP contribution is 2.10. The maximum absolute atomic E-state index is 11.4. The molecule has 0 N–H and O–H groups in total. The van der Waals surface area contributed by atoms with Gasteiger partial charge in [-0.1, -0.05) is 31.2 Å². The van der Waals surface area contributed by atoms with E-state index in [1.165, 1.54) is 21.7 Å². The van der Waals surface area contributed by atoms with Gasteiger partial charge in [0.2, 0.25) is 10.0 Å². The second-order valence-corrected chi connectivity index (χ2v) is 6.27. The Bertz CT molecular complexity index is 454. The summed E-state index contributed by atoms with van der Waals surface area (Å²) in [5, 5.41) is 0. The van der Waals surface area contributed by atoms with Crippen molar-refractivity contribution in [3.63, 3.8) is 0 Å². The van der Waals surface area contributed by atoms with Crippen LogP contribution in [0.5, 0.6) is 0 Å². The molecule has 0 aromatic heterocycles. The molecule has 1 aromatic carbocycles. The molecule has 0 aliphatic carbocycles. The van der Waals surface area contributed by atoms with Gasteiger partial charge in [-0.05, 0) is 30.9 Å². The zero-order valence-corrected chi connectivity index (χ0v) is 11.6. The number of hydrogen-bond acceptors (Lipinski definition) is 2. The predicted molar refractivity (Wildman–Crippen MR) is 71.6 cm³/mol. The van der Waals surface area contributed by atoms with Crippen LogP contribution in [0.25, 0.3) is 0 Å². The zero-order valence-electron chi connectivity index (χ0n) is 10.8. The van der Waals surface area contributed by atoms with Gasteiger partial charge in [-0.3, -0.25) is 0 Å². The van der Waals surface area contributed by atoms with E-state index in [-0.39, 0.29) is 0 Å². The first kappa shape index (κ1) is 14.2. The fraction of sp³-hybridized carbons (Fsp3) is 0.538. The summed E-state index contributed by atoms with van der Waals surface area (Å²) < 4.78 is 24.3. The van der Waals surface area contributed by atoms with Crippen LogP contribution in [0.2, 0.25) is 0 Å². The van der Waals surface area contributed by atoms with Crippen molar-refractivity contribution in [1.82, 2.24) is 4.31 Å². The lowest BCUT2D eigenvalue weighted by Gasteiger charge is -2.17. The van der Waals surface area contributed by atoms with Gasteiger partial charge in [-0.2, -0.15) is 0 Å². The topological polar surface area (TPSA) is 37.4 Å². The third-order valence-electron chi connectivity index (χ3n) is 2.94. The molecule has 0 fully saturated rings. The first-order chi connectivity index (χ1) is 7.95. The number of sulfonamides is 1. The number of benzene rings is 1. The van der Waals surface area contributed by atoms with Crippen LogP contribution in [0.3, 0.4) is 0 Å². The van der Waals surface area contributed by atoms with E-state index in [0.29, 0.717) is 13.1 Å². The summed E-state index contributed by atoms with van der Waals surface area (Å²) in [5.74, 6) is 0. The Balaban J connectivity index is 2.50. The lowest BCUT2D eigenvalue weighted by atomic mass is 10.0. The third-order valence-corrected chi connectivity index (χ3v) is 4.32. The molecule has 0 aliphatic rings. The van der Waals surface area contributed by atoms with E-state index >= 15 is 0 Å². The Morgan fingerprint density at radius 2 is 1.88 bits per heavy atom. The molecule has 3 nitrogen and oxygen atoms in total. The Morgan fingerprint density at radius 1 is 1.24 bits per heavy atom. The summed E-state index contributed by atoms with van der Waals surface area (Å²) >= 11 is 0. The van der Waals surface area contributed by atoms with E-state index in [1.54, 1.807) is 0 Å². The molecule has 0 heterocycles. The van der Waals surface area contributed by atoms with Crippen LogP contribution in [0.1, 0.15) is 24.5 Å². The average molecular weight is 255 g/mol. The number of rotatable bonds is 6. The van der Waals surface area contributed by atoms with Gasteiger partial charge in [-0.15, -0.1) is 0 Å². The van der Waals surface area contributed by atoms with Gasteiger partial charge >= 0.3 is 0 Å². The molecule has 0 radical (unpaired) electrons. The minimum absolute atomic E-state index is 0.548. The summed E-state index contributed by atoms with van der Waals surface area (Å²) in [4.78, 5) is 0. The van der Waals surface area contributed by atoms with E-state index in [2.05, 4.69) is 19.1 Å². The van der Waals surface area contributed by atoms with Crippen LogP contribution in [0, 0.1) is 6.92 Å². The van der Waals surface area contributed by atoms with Crippen LogP contribution in [0.4, 0.5) is 0 Å². The molecule has 0 amide bonds. The standard InChI is InChI=1S/C13H21NO2S/c1-4-14(17(3,15)16)11-7-10-13-9-6-5-8-12(13)2/h5-6,8-9H,4,7,10-11H2,1-3H3. The van der Waals surface area contributed by atoms with Crippen molar-refractivity contribution in [3.8, 4) is 0 Å². The average Bonchev–Trinajstić information content (AvgIpc) is 2.25. The smallest absolute Gasteiger partial charge is 0.211 e. The monoisotopic (exact) mass is 255 g/mol. The molecular formula is C13H21NO2S. The summed E-state index contributed by atoms with van der Waals surface area (Å²) in [6.07, 6.45) is 3.06. The van der Waals surface area contributed by atoms with E-state index < -0.39 is 10.0 Å². The Kier molecular flexibility index (Phi) is 5.15. The molecule has 0 saturated carbocycles. The first-order valence-electron chi connectivity index (χ1n) is 5.94. The van der Waals surface area contributed by atoms with Crippen molar-refractivity contribution in [3.05, 3.63) is 35.4 Å². The van der Waals surface area contributed by atoms with Crippen molar-refractivity contribution in [2.75, 3.05) is 19.3 Å². The van der Waals surface area contributed by atoms with Gasteiger partial charge in [0.25, 0.3) is 0 Å². The van der Waals surface area contributed by atoms with Crippen molar-refractivity contribution < 1.29 is 8.42 Å². The molecule has 0 spiro atoms. The van der Waals surface area contributed by atoms with Crippen molar-refractivity contribution in [2.45, 2.75) is 26.7 Å². The Labute approximate surface area is 105 Å². The Morgan fingerprint density at radius 3 is 2.41 bits per heavy atom. The van der Waals surface area contributed by atoms with E-state index in [4.69, 9.17) is 0 Å². The second-order valence-electron chi connectivity index (χ2n) is 4.28. The van der Waals surface area contributed by atoms with E-state index in [0.717, 1.165) is 12.8 Å². The van der Waals surface area contributed by atoms with Crippen LogP contribution in [-0.2, 0) is 16.4 Å². The molecule has 1 rings (SSSR count). The SMILES string of the molecule is CCN(CCCc1ccccc1C)S(C)(=O)=O. The molecule has 1 aromatic rings. The first-order valence-corrected chi connectivity index (χ1v) is 7.79. The Hall–Kier alpha value is -0.870. The maximum atomic E-state index is 11.4. The highest BCUT2D eigenvalue weighted by atomic mass is 32.2. The number of aryl methyl sites for hydroxylation is 2. The third kappa shape index (κ3) is 4.48. The lowest BCUT2D eigenvalue weighted by molar-refractivity contribution is 0.424. The summed E-state index contributed by atoms with van der Waals surface area (Å²) in [6.45, 7) is 5.11. The van der Waals surface area contributed by atoms with Gasteiger partial charge in [0, 0.05) is 13.1 Å². The van der Waals surface area contributed by atoms with Crippen molar-refractivity contribution in [2.24, 2.45) is 0 Å². The summed E-state index contributed by atoms with van der Waals surface area (Å²) in [5.41, 5.74) is 2.58. The zero-order chi connectivity index (χ0) is 12.9. The van der Waals surface area contributed by atoms with E-state index in [1.807, 2.05) is 19.1 Å². The van der Waals surface area contributed by atoms with Gasteiger partial charge in [0.1, 0.15) is 0 Å². The molecule has 0 atom stereocenters. The minimum Gasteiger partial charge on any atom is -0.213 e. The molecule has 17 heavy (non-hydrogen) atoms. The minimum atomic E-state index is -3.05. The summed E-state index contributed by atoms with van der Waals surface area (Å²) in [7, 11) is -3.05. The van der Waals surface area contributed by atoms with Crippen LogP contribution < -0.4 is 0 Å². The van der Waals surface area contributed by atoms with Crippen LogP contribution in [-0.4, -0.2) is 32.1 Å². The quantitative estimate of drug-likeness (QED) is 0.781. The molecule has 0 saturated heterocycles. The fourth-order valence-corrected chi connectivity index (χ4v) is 2.82. The van der Waals surface area contributed by atoms with Gasteiger partial charge < -0.3 is 0 Å². The predicted octanol–water partition coefficient (Wildman–Crippen LogP) is 2.21. The molecule has 0 aliphatic heterocycles. The van der Waals surface area contributed by atoms with Crippen molar-refractivity contribution in [1.29, 1.82) is 0 Å². The van der Waals surface area contributed by atoms with Gasteiger partial charge in [-0.25, -0.2) is 12.7 Å². The van der Waals surface area contributed by atoms with Gasteiger partial charge in [0.05, 0.1) is 6.26 Å². The fourth-order valence-electron chi connectivity index (χ4n) is 1.89. The highest BCUT2D eigenvalue weighted by molar-refractivity contribution is 7.88. The van der Waals surface area contributed by atoms with Crippen molar-refractivity contribution >= 4 is 10.0 Å². The normalized spacial score (nSPS) is 12.0. The molecule has 4 heteroatoms. The molecule has 0 unspecified atom stereocenters. The van der Waals surface area contributed by atoms with E-state index in [9.17, 15) is 8.42 Å². The molecule has 96 valence electrons. The summed E-state index contributed by atoms with van der Waals surface area (Å²) in [6, 6.07) is 8.24. The highest BCUT2D eigenvalue weighted by Gasteiger charge is 2.13. The maximum Gasteiger partial charge on any atom is 0.211 e. The number of hydrogen-bond donors (Lipinski definition) is 0. The second kappa shape index (κ2) is 6.17. The molecular weight excluding hydrogens is 234 g/mol. The van der Waals surface area contributed by atoms with Gasteiger partial charge in [0.15, 0.2) is 0 Å². The molecule has 0 bridgehead atoms. The van der Waals surface area contributed by atoms with Crippen LogP contribution in [0.15, 0.2) is 24.3 Å². The van der Waals surface area contributed by atoms with Crippen LogP contribution >= 0.6 is 0 Å².